The van der Waals surface area contributed by atoms with Crippen LogP contribution < -0.4 is 0 Å². The van der Waals surface area contributed by atoms with Crippen molar-refractivity contribution in [3.8, 4) is 0 Å². The Hall–Kier alpha value is 0.0649. The molecule has 52 valence electrons. The minimum absolute atomic E-state index is 1.01. The van der Waals surface area contributed by atoms with Crippen molar-refractivity contribution in [3.05, 3.63) is 0 Å². The monoisotopic (exact) mass is 124 g/mol. The zero-order chi connectivity index (χ0) is 6.69. The van der Waals surface area contributed by atoms with Crippen molar-refractivity contribution >= 4 is 7.28 Å². The van der Waals surface area contributed by atoms with E-state index < -0.39 is 0 Å². The van der Waals surface area contributed by atoms with Gasteiger partial charge in [-0.2, -0.15) is 0 Å². The first kappa shape index (κ1) is 7.18. The number of rotatable bonds is 0. The third-order valence-corrected chi connectivity index (χ3v) is 2.55. The average molecular weight is 124 g/mol. The van der Waals surface area contributed by atoms with Gasteiger partial charge in [0.2, 0.25) is 0 Å². The number of hydrogen-bond donors (Lipinski definition) is 0. The molecule has 0 N–H and O–H groups in total. The highest BCUT2D eigenvalue weighted by Crippen LogP contribution is 2.23. The van der Waals surface area contributed by atoms with Gasteiger partial charge in [0.1, 0.15) is 7.28 Å². The maximum atomic E-state index is 2.39. The van der Waals surface area contributed by atoms with E-state index in [4.69, 9.17) is 0 Å². The fourth-order valence-corrected chi connectivity index (χ4v) is 1.67. The van der Waals surface area contributed by atoms with E-state index >= 15 is 0 Å². The molecule has 1 rings (SSSR count). The molecule has 1 fully saturated rings. The maximum Gasteiger partial charge on any atom is 0.121 e. The Morgan fingerprint density at radius 1 is 1.00 bits per heavy atom. The molecule has 9 heavy (non-hydrogen) atoms. The summed E-state index contributed by atoms with van der Waals surface area (Å²) in [7, 11) is 1.47. The average Bonchev–Trinajstić information content (AvgIpc) is 1.97. The van der Waals surface area contributed by atoms with E-state index in [-0.39, 0.29) is 0 Å². The molecule has 0 nitrogen and oxygen atoms in total. The predicted molar refractivity (Wildman–Crippen MR) is 44.3 cm³/mol. The van der Waals surface area contributed by atoms with Gasteiger partial charge >= 0.3 is 0 Å². The van der Waals surface area contributed by atoms with Crippen LogP contribution in [-0.4, -0.2) is 7.28 Å². The highest BCUT2D eigenvalue weighted by molar-refractivity contribution is 6.35. The topological polar surface area (TPSA) is 0 Å². The van der Waals surface area contributed by atoms with E-state index in [0.29, 0.717) is 0 Å². The van der Waals surface area contributed by atoms with Crippen LogP contribution in [0.3, 0.4) is 0 Å². The molecule has 0 saturated carbocycles. The highest BCUT2D eigenvalue weighted by Gasteiger charge is 2.12. The molecule has 1 aliphatic heterocycles. The Bertz CT molecular complexity index is 70.6. The van der Waals surface area contributed by atoms with Crippen molar-refractivity contribution in [2.45, 2.75) is 39.3 Å². The summed E-state index contributed by atoms with van der Waals surface area (Å²) in [5.41, 5.74) is 0. The smallest absolute Gasteiger partial charge is 0.0749 e. The van der Waals surface area contributed by atoms with Crippen molar-refractivity contribution in [3.63, 3.8) is 0 Å². The molecule has 1 aliphatic rings. The molecule has 0 unspecified atom stereocenters. The Balaban J connectivity index is 2.25. The van der Waals surface area contributed by atoms with Gasteiger partial charge in [0.15, 0.2) is 0 Å². The van der Waals surface area contributed by atoms with Gasteiger partial charge < -0.3 is 0 Å². The van der Waals surface area contributed by atoms with Crippen LogP contribution in [0.2, 0.25) is 12.6 Å². The van der Waals surface area contributed by atoms with Crippen LogP contribution in [0.1, 0.15) is 26.7 Å². The first-order valence-corrected chi connectivity index (χ1v) is 4.29. The third kappa shape index (κ3) is 2.42. The minimum Gasteiger partial charge on any atom is -0.0749 e. The SMILES string of the molecule is C[C@@H]1CBC[C@H](C)CC1. The molecule has 2 atom stereocenters. The van der Waals surface area contributed by atoms with Crippen molar-refractivity contribution in [1.29, 1.82) is 0 Å². The fourth-order valence-electron chi connectivity index (χ4n) is 1.67. The van der Waals surface area contributed by atoms with E-state index in [1.54, 1.807) is 0 Å². The molecule has 0 bridgehead atoms. The van der Waals surface area contributed by atoms with Crippen LogP contribution in [0.5, 0.6) is 0 Å². The molecule has 1 saturated heterocycles. The van der Waals surface area contributed by atoms with Crippen LogP contribution in [-0.2, 0) is 0 Å². The van der Waals surface area contributed by atoms with E-state index in [1.807, 2.05) is 0 Å². The van der Waals surface area contributed by atoms with Crippen LogP contribution in [0.25, 0.3) is 0 Å². The fraction of sp³-hybridized carbons (Fsp3) is 1.00. The molecular weight excluding hydrogens is 107 g/mol. The second-order valence-corrected chi connectivity index (χ2v) is 3.72. The van der Waals surface area contributed by atoms with Crippen LogP contribution >= 0.6 is 0 Å². The normalized spacial score (nSPS) is 37.1. The van der Waals surface area contributed by atoms with Crippen molar-refractivity contribution in [1.82, 2.24) is 0 Å². The summed E-state index contributed by atoms with van der Waals surface area (Å²) in [6.45, 7) is 4.77. The van der Waals surface area contributed by atoms with Gasteiger partial charge in [0, 0.05) is 0 Å². The summed E-state index contributed by atoms with van der Waals surface area (Å²) < 4.78 is 0. The molecule has 0 aliphatic carbocycles. The molecule has 0 aromatic rings. The molecule has 0 aromatic heterocycles. The van der Waals surface area contributed by atoms with Gasteiger partial charge in [-0.1, -0.05) is 51.2 Å². The van der Waals surface area contributed by atoms with E-state index in [0.717, 1.165) is 11.8 Å². The molecule has 0 amide bonds. The first-order chi connectivity index (χ1) is 4.29. The molecular formula is C8H17B. The molecule has 1 heteroatoms. The summed E-state index contributed by atoms with van der Waals surface area (Å²) in [4.78, 5) is 0. The molecule has 0 spiro atoms. The Morgan fingerprint density at radius 2 is 1.44 bits per heavy atom. The lowest BCUT2D eigenvalue weighted by molar-refractivity contribution is 0.493. The summed E-state index contributed by atoms with van der Waals surface area (Å²) in [5, 5.41) is 0. The molecule has 1 heterocycles. The standard InChI is InChI=1S/C8H17B/c1-7-3-4-8(2)6-9-5-7/h7-9H,3-6H2,1-2H3/t7-,8+. The Labute approximate surface area is 59.3 Å². The first-order valence-electron chi connectivity index (χ1n) is 4.29. The predicted octanol–water partition coefficient (Wildman–Crippen LogP) is 2.33. The third-order valence-electron chi connectivity index (χ3n) is 2.55. The molecule has 0 aromatic carbocycles. The van der Waals surface area contributed by atoms with Crippen molar-refractivity contribution in [2.24, 2.45) is 11.8 Å². The summed E-state index contributed by atoms with van der Waals surface area (Å²) >= 11 is 0. The van der Waals surface area contributed by atoms with Crippen molar-refractivity contribution in [2.75, 3.05) is 0 Å². The second kappa shape index (κ2) is 3.29. The van der Waals surface area contributed by atoms with Gasteiger partial charge in [-0.15, -0.1) is 0 Å². The lowest BCUT2D eigenvalue weighted by atomic mass is 9.66. The van der Waals surface area contributed by atoms with E-state index in [2.05, 4.69) is 13.8 Å². The zero-order valence-electron chi connectivity index (χ0n) is 6.69. The Kier molecular flexibility index (Phi) is 2.62. The summed E-state index contributed by atoms with van der Waals surface area (Å²) in [5.74, 6) is 2.02. The van der Waals surface area contributed by atoms with E-state index in [1.165, 1.54) is 32.8 Å². The van der Waals surface area contributed by atoms with E-state index in [9.17, 15) is 0 Å². The highest BCUT2D eigenvalue weighted by atomic mass is 14.1. The van der Waals surface area contributed by atoms with Gasteiger partial charge in [-0.25, -0.2) is 0 Å². The Morgan fingerprint density at radius 3 is 1.89 bits per heavy atom. The van der Waals surface area contributed by atoms with Crippen LogP contribution in [0.4, 0.5) is 0 Å². The number of hydrogen-bond acceptors (Lipinski definition) is 0. The van der Waals surface area contributed by atoms with Gasteiger partial charge in [0.25, 0.3) is 0 Å². The summed E-state index contributed by atoms with van der Waals surface area (Å²) in [6.07, 6.45) is 5.90. The largest absolute Gasteiger partial charge is 0.121 e. The minimum atomic E-state index is 1.01. The van der Waals surface area contributed by atoms with Gasteiger partial charge in [-0.3, -0.25) is 0 Å². The van der Waals surface area contributed by atoms with Crippen LogP contribution in [0, 0.1) is 11.8 Å². The zero-order valence-corrected chi connectivity index (χ0v) is 6.69. The summed E-state index contributed by atoms with van der Waals surface area (Å²) in [6, 6.07) is 0. The lowest BCUT2D eigenvalue weighted by Crippen LogP contribution is -1.94. The molecule has 0 radical (unpaired) electrons. The van der Waals surface area contributed by atoms with Crippen LogP contribution in [0.15, 0.2) is 0 Å². The van der Waals surface area contributed by atoms with Crippen molar-refractivity contribution < 1.29 is 0 Å². The van der Waals surface area contributed by atoms with Gasteiger partial charge in [-0.05, 0) is 0 Å². The lowest BCUT2D eigenvalue weighted by Gasteiger charge is -2.05. The second-order valence-electron chi connectivity index (χ2n) is 3.72. The quantitative estimate of drug-likeness (QED) is 0.434. The maximum absolute atomic E-state index is 2.39. The van der Waals surface area contributed by atoms with Gasteiger partial charge in [0.05, 0.1) is 0 Å².